The first-order valence-corrected chi connectivity index (χ1v) is 7.28. The van der Waals surface area contributed by atoms with Crippen molar-refractivity contribution < 1.29 is 8.42 Å². The van der Waals surface area contributed by atoms with E-state index in [9.17, 15) is 8.42 Å². The minimum absolute atomic E-state index is 0.0118. The molecule has 2 nitrogen and oxygen atoms in total. The molecule has 1 aliphatic carbocycles. The molecule has 0 bridgehead atoms. The van der Waals surface area contributed by atoms with Gasteiger partial charge in [0.1, 0.15) is 5.25 Å². The van der Waals surface area contributed by atoms with Gasteiger partial charge in [-0.1, -0.05) is 36.4 Å². The quantitative estimate of drug-likeness (QED) is 0.780. The third kappa shape index (κ3) is 2.15. The molecule has 0 saturated carbocycles. The van der Waals surface area contributed by atoms with Gasteiger partial charge in [-0.25, -0.2) is 8.42 Å². The van der Waals surface area contributed by atoms with Crippen LogP contribution in [0.2, 0.25) is 0 Å². The normalized spacial score (nSPS) is 20.8. The molecular weight excluding hydrogens is 244 g/mol. The smallest absolute Gasteiger partial charge is 0.162 e. The molecule has 0 fully saturated rings. The number of alkyl halides is 1. The molecule has 0 N–H and O–H groups in total. The van der Waals surface area contributed by atoms with Gasteiger partial charge in [-0.05, 0) is 18.1 Å². The first kappa shape index (κ1) is 11.7. The zero-order chi connectivity index (χ0) is 11.8. The van der Waals surface area contributed by atoms with Crippen LogP contribution in [0.5, 0.6) is 0 Å². The number of halogens is 1. The van der Waals surface area contributed by atoms with E-state index in [0.29, 0.717) is 0 Å². The molecule has 0 aromatic heterocycles. The lowest BCUT2D eigenvalue weighted by Gasteiger charge is -2.13. The van der Waals surface area contributed by atoms with Gasteiger partial charge in [0, 0.05) is 5.38 Å². The van der Waals surface area contributed by atoms with Crippen LogP contribution < -0.4 is 0 Å². The first-order chi connectivity index (χ1) is 7.50. The summed E-state index contributed by atoms with van der Waals surface area (Å²) in [5.74, 6) is 0.0118. The number of hydrogen-bond donors (Lipinski definition) is 0. The highest BCUT2D eigenvalue weighted by Crippen LogP contribution is 2.34. The number of benzene rings is 1. The van der Waals surface area contributed by atoms with Gasteiger partial charge in [-0.2, -0.15) is 0 Å². The van der Waals surface area contributed by atoms with Crippen LogP contribution >= 0.6 is 11.6 Å². The molecule has 2 atom stereocenters. The fourth-order valence-corrected chi connectivity index (χ4v) is 4.25. The van der Waals surface area contributed by atoms with E-state index in [1.807, 2.05) is 30.3 Å². The van der Waals surface area contributed by atoms with E-state index < -0.39 is 15.1 Å². The van der Waals surface area contributed by atoms with Crippen LogP contribution in [-0.2, 0) is 9.84 Å². The fourth-order valence-electron chi connectivity index (χ4n) is 1.95. The third-order valence-electron chi connectivity index (χ3n) is 2.60. The van der Waals surface area contributed by atoms with E-state index in [4.69, 9.17) is 11.6 Å². The molecule has 0 spiro atoms. The second-order valence-corrected chi connectivity index (χ2v) is 6.93. The van der Waals surface area contributed by atoms with Crippen molar-refractivity contribution in [1.29, 1.82) is 0 Å². The Kier molecular flexibility index (Phi) is 3.08. The average Bonchev–Trinajstić information content (AvgIpc) is 2.59. The number of hydrogen-bond acceptors (Lipinski definition) is 2. The van der Waals surface area contributed by atoms with Gasteiger partial charge in [0.25, 0.3) is 0 Å². The maximum Gasteiger partial charge on any atom is 0.162 e. The number of sulfone groups is 1. The Morgan fingerprint density at radius 3 is 2.75 bits per heavy atom. The Morgan fingerprint density at radius 2 is 2.06 bits per heavy atom. The second kappa shape index (κ2) is 4.22. The largest absolute Gasteiger partial charge is 0.228 e. The van der Waals surface area contributed by atoms with Crippen LogP contribution in [0.1, 0.15) is 23.3 Å². The molecule has 1 aliphatic rings. The molecule has 2 rings (SSSR count). The zero-order valence-electron chi connectivity index (χ0n) is 8.93. The predicted molar refractivity (Wildman–Crippen MR) is 67.3 cm³/mol. The lowest BCUT2D eigenvalue weighted by Crippen LogP contribution is -2.19. The maximum absolute atomic E-state index is 12.1. The second-order valence-electron chi connectivity index (χ2n) is 4.02. The molecule has 2 unspecified atom stereocenters. The van der Waals surface area contributed by atoms with Crippen molar-refractivity contribution in [3.05, 3.63) is 41.5 Å². The minimum atomic E-state index is -3.19. The molecule has 16 heavy (non-hydrogen) atoms. The van der Waals surface area contributed by atoms with Gasteiger partial charge in [0.15, 0.2) is 9.84 Å². The Bertz CT molecular complexity index is 518. The van der Waals surface area contributed by atoms with Gasteiger partial charge in [0.2, 0.25) is 0 Å². The summed E-state index contributed by atoms with van der Waals surface area (Å²) >= 11 is 5.76. The monoisotopic (exact) mass is 256 g/mol. The molecular formula is C12H13ClO2S. The Morgan fingerprint density at radius 1 is 1.38 bits per heavy atom. The van der Waals surface area contributed by atoms with Crippen molar-refractivity contribution in [1.82, 2.24) is 0 Å². The molecule has 0 aliphatic heterocycles. The highest BCUT2D eigenvalue weighted by molar-refractivity contribution is 7.91. The van der Waals surface area contributed by atoms with Crippen LogP contribution in [0.4, 0.5) is 0 Å². The summed E-state index contributed by atoms with van der Waals surface area (Å²) in [7, 11) is -3.19. The van der Waals surface area contributed by atoms with Crippen molar-refractivity contribution in [2.75, 3.05) is 5.75 Å². The van der Waals surface area contributed by atoms with E-state index in [0.717, 1.165) is 11.1 Å². The first-order valence-electron chi connectivity index (χ1n) is 5.13. The van der Waals surface area contributed by atoms with Crippen molar-refractivity contribution in [3.8, 4) is 0 Å². The van der Waals surface area contributed by atoms with Gasteiger partial charge in [0.05, 0.1) is 5.75 Å². The summed E-state index contributed by atoms with van der Waals surface area (Å²) in [5, 5.41) is -0.879. The highest BCUT2D eigenvalue weighted by atomic mass is 35.5. The van der Waals surface area contributed by atoms with Crippen LogP contribution in [0.25, 0.3) is 6.08 Å². The summed E-state index contributed by atoms with van der Waals surface area (Å²) in [6.07, 6.45) is 3.59. The van der Waals surface area contributed by atoms with Crippen molar-refractivity contribution in [3.63, 3.8) is 0 Å². The van der Waals surface area contributed by atoms with Gasteiger partial charge in [-0.15, -0.1) is 11.6 Å². The maximum atomic E-state index is 12.1. The molecule has 0 amide bonds. The van der Waals surface area contributed by atoms with Gasteiger partial charge < -0.3 is 0 Å². The van der Waals surface area contributed by atoms with E-state index in [2.05, 4.69) is 0 Å². The summed E-state index contributed by atoms with van der Waals surface area (Å²) in [6, 6.07) is 7.54. The van der Waals surface area contributed by atoms with Crippen molar-refractivity contribution >= 4 is 27.5 Å². The lowest BCUT2D eigenvalue weighted by molar-refractivity contribution is 0.590. The SMILES string of the molecule is CC(Cl)CS(=O)(=O)C1C=Cc2ccccc21. The summed E-state index contributed by atoms with van der Waals surface area (Å²) in [4.78, 5) is 0. The Hall–Kier alpha value is -0.800. The van der Waals surface area contributed by atoms with Gasteiger partial charge >= 0.3 is 0 Å². The molecule has 86 valence electrons. The minimum Gasteiger partial charge on any atom is -0.228 e. The van der Waals surface area contributed by atoms with E-state index in [-0.39, 0.29) is 11.1 Å². The van der Waals surface area contributed by atoms with E-state index >= 15 is 0 Å². The van der Waals surface area contributed by atoms with Gasteiger partial charge in [-0.3, -0.25) is 0 Å². The molecule has 0 saturated heterocycles. The summed E-state index contributed by atoms with van der Waals surface area (Å²) < 4.78 is 24.1. The summed E-state index contributed by atoms with van der Waals surface area (Å²) in [5.41, 5.74) is 1.85. The van der Waals surface area contributed by atoms with Crippen molar-refractivity contribution in [2.45, 2.75) is 17.6 Å². The average molecular weight is 257 g/mol. The topological polar surface area (TPSA) is 34.1 Å². The Balaban J connectivity index is 2.36. The third-order valence-corrected chi connectivity index (χ3v) is 5.09. The molecule has 0 heterocycles. The van der Waals surface area contributed by atoms with E-state index in [1.165, 1.54) is 0 Å². The Labute approximate surface area is 101 Å². The number of fused-ring (bicyclic) bond motifs is 1. The lowest BCUT2D eigenvalue weighted by atomic mass is 10.1. The van der Waals surface area contributed by atoms with Crippen LogP contribution in [0, 0.1) is 0 Å². The zero-order valence-corrected chi connectivity index (χ0v) is 10.5. The van der Waals surface area contributed by atoms with Crippen LogP contribution in [0.3, 0.4) is 0 Å². The molecule has 0 radical (unpaired) electrons. The highest BCUT2D eigenvalue weighted by Gasteiger charge is 2.30. The van der Waals surface area contributed by atoms with Crippen LogP contribution in [-0.4, -0.2) is 19.5 Å². The van der Waals surface area contributed by atoms with Crippen molar-refractivity contribution in [2.24, 2.45) is 0 Å². The fraction of sp³-hybridized carbons (Fsp3) is 0.333. The van der Waals surface area contributed by atoms with Crippen LogP contribution in [0.15, 0.2) is 30.3 Å². The molecule has 1 aromatic carbocycles. The number of rotatable bonds is 3. The van der Waals surface area contributed by atoms with E-state index in [1.54, 1.807) is 13.0 Å². The summed E-state index contributed by atoms with van der Waals surface area (Å²) in [6.45, 7) is 1.70. The standard InChI is InChI=1S/C12H13ClO2S/c1-9(13)8-16(14,15)12-7-6-10-4-2-3-5-11(10)12/h2-7,9,12H,8H2,1H3. The molecule has 4 heteroatoms. The molecule has 1 aromatic rings. The predicted octanol–water partition coefficient (Wildman–Crippen LogP) is 2.80.